The van der Waals surface area contributed by atoms with Crippen molar-refractivity contribution >= 4 is 22.8 Å². The van der Waals surface area contributed by atoms with Gasteiger partial charge in [0.25, 0.3) is 0 Å². The molecular formula is C13H21N7. The van der Waals surface area contributed by atoms with Crippen LogP contribution in [0.25, 0.3) is 11.0 Å². The lowest BCUT2D eigenvalue weighted by atomic mass is 10.3. The zero-order chi connectivity index (χ0) is 14.1. The minimum Gasteiger partial charge on any atom is -0.368 e. The summed E-state index contributed by atoms with van der Waals surface area (Å²) in [6.45, 7) is 3.09. The van der Waals surface area contributed by atoms with Crippen LogP contribution in [0.1, 0.15) is 19.8 Å². The zero-order valence-electron chi connectivity index (χ0n) is 12.1. The van der Waals surface area contributed by atoms with Crippen molar-refractivity contribution in [3.63, 3.8) is 0 Å². The molecule has 1 aliphatic carbocycles. The van der Waals surface area contributed by atoms with Gasteiger partial charge in [-0.1, -0.05) is 0 Å². The molecule has 0 amide bonds. The van der Waals surface area contributed by atoms with Crippen molar-refractivity contribution in [1.29, 1.82) is 0 Å². The maximum atomic E-state index is 4.47. The van der Waals surface area contributed by atoms with Crippen molar-refractivity contribution in [2.45, 2.75) is 31.8 Å². The summed E-state index contributed by atoms with van der Waals surface area (Å²) in [4.78, 5) is 11.2. The van der Waals surface area contributed by atoms with Gasteiger partial charge >= 0.3 is 0 Å². The Kier molecular flexibility index (Phi) is 3.43. The van der Waals surface area contributed by atoms with E-state index in [-0.39, 0.29) is 0 Å². The number of likely N-dealkylation sites (N-methyl/N-ethyl adjacent to an activating group) is 1. The highest BCUT2D eigenvalue weighted by atomic mass is 15.2. The maximum Gasteiger partial charge on any atom is 0.226 e. The first-order valence-electron chi connectivity index (χ1n) is 7.03. The van der Waals surface area contributed by atoms with E-state index in [2.05, 4.69) is 49.7 Å². The third kappa shape index (κ3) is 2.53. The van der Waals surface area contributed by atoms with Crippen LogP contribution in [0.2, 0.25) is 0 Å². The molecule has 0 bridgehead atoms. The second-order valence-corrected chi connectivity index (χ2v) is 5.40. The molecule has 0 aliphatic heterocycles. The number of rotatable bonds is 6. The number of hydrogen-bond acceptors (Lipinski definition) is 6. The van der Waals surface area contributed by atoms with Crippen molar-refractivity contribution in [3.8, 4) is 0 Å². The summed E-state index contributed by atoms with van der Waals surface area (Å²) < 4.78 is 0. The first-order chi connectivity index (χ1) is 9.69. The van der Waals surface area contributed by atoms with E-state index in [4.69, 9.17) is 0 Å². The molecule has 1 fully saturated rings. The molecule has 1 saturated carbocycles. The average Bonchev–Trinajstić information content (AvgIpc) is 3.21. The van der Waals surface area contributed by atoms with E-state index in [0.717, 1.165) is 29.4 Å². The first kappa shape index (κ1) is 13.1. The molecule has 7 heteroatoms. The zero-order valence-corrected chi connectivity index (χ0v) is 12.1. The predicted molar refractivity (Wildman–Crippen MR) is 80.0 cm³/mol. The number of hydrogen-bond donors (Lipinski definition) is 3. The summed E-state index contributed by atoms with van der Waals surface area (Å²) in [5.74, 6) is 1.41. The summed E-state index contributed by atoms with van der Waals surface area (Å²) in [5.41, 5.74) is 0.745. The van der Waals surface area contributed by atoms with Gasteiger partial charge in [0.2, 0.25) is 5.95 Å². The smallest absolute Gasteiger partial charge is 0.226 e. The van der Waals surface area contributed by atoms with E-state index in [1.807, 2.05) is 7.05 Å². The van der Waals surface area contributed by atoms with Gasteiger partial charge in [0, 0.05) is 25.7 Å². The lowest BCUT2D eigenvalue weighted by Crippen LogP contribution is -2.36. The Morgan fingerprint density at radius 1 is 1.45 bits per heavy atom. The van der Waals surface area contributed by atoms with Gasteiger partial charge in [0.15, 0.2) is 5.65 Å². The Hall–Kier alpha value is -1.89. The number of fused-ring (bicyclic) bond motifs is 1. The van der Waals surface area contributed by atoms with Crippen molar-refractivity contribution in [2.24, 2.45) is 0 Å². The SMILES string of the molecule is CNc1nc(NCC(C)N(C)C2CC2)c2cn[nH]c2n1. The molecule has 0 saturated heterocycles. The molecule has 7 nitrogen and oxygen atoms in total. The molecule has 3 rings (SSSR count). The standard InChI is InChI=1S/C13H21N7/c1-8(20(3)9-4-5-9)6-15-11-10-7-16-19-12(10)18-13(14-2)17-11/h7-9H,4-6H2,1-3H3,(H3,14,15,16,17,18,19). The van der Waals surface area contributed by atoms with Crippen LogP contribution < -0.4 is 10.6 Å². The van der Waals surface area contributed by atoms with E-state index in [1.54, 1.807) is 6.20 Å². The molecule has 1 aliphatic rings. The number of H-pyrrole nitrogens is 1. The van der Waals surface area contributed by atoms with Gasteiger partial charge < -0.3 is 10.6 Å². The fraction of sp³-hybridized carbons (Fsp3) is 0.615. The van der Waals surface area contributed by atoms with E-state index < -0.39 is 0 Å². The molecule has 2 aromatic heterocycles. The molecule has 0 radical (unpaired) electrons. The lowest BCUT2D eigenvalue weighted by molar-refractivity contribution is 0.257. The lowest BCUT2D eigenvalue weighted by Gasteiger charge is -2.24. The molecule has 2 aromatic rings. The molecule has 3 N–H and O–H groups in total. The van der Waals surface area contributed by atoms with Crippen LogP contribution >= 0.6 is 0 Å². The number of aromatic nitrogens is 4. The van der Waals surface area contributed by atoms with E-state index in [1.165, 1.54) is 12.8 Å². The largest absolute Gasteiger partial charge is 0.368 e. The van der Waals surface area contributed by atoms with Crippen molar-refractivity contribution in [1.82, 2.24) is 25.1 Å². The van der Waals surface area contributed by atoms with Gasteiger partial charge in [-0.15, -0.1) is 0 Å². The topological polar surface area (TPSA) is 81.8 Å². The van der Waals surface area contributed by atoms with Crippen LogP contribution in [0.3, 0.4) is 0 Å². The number of aromatic amines is 1. The van der Waals surface area contributed by atoms with Crippen LogP contribution in [0.15, 0.2) is 6.20 Å². The highest BCUT2D eigenvalue weighted by Gasteiger charge is 2.29. The third-order valence-electron chi connectivity index (χ3n) is 3.92. The van der Waals surface area contributed by atoms with Crippen molar-refractivity contribution in [3.05, 3.63) is 6.20 Å². The van der Waals surface area contributed by atoms with Crippen LogP contribution in [-0.2, 0) is 0 Å². The second kappa shape index (κ2) is 5.24. The molecule has 108 valence electrons. The van der Waals surface area contributed by atoms with Crippen LogP contribution in [0, 0.1) is 0 Å². The molecule has 1 atom stereocenters. The summed E-state index contributed by atoms with van der Waals surface area (Å²) in [5, 5.41) is 14.2. The van der Waals surface area contributed by atoms with E-state index in [9.17, 15) is 0 Å². The summed E-state index contributed by atoms with van der Waals surface area (Å²) >= 11 is 0. The molecule has 2 heterocycles. The average molecular weight is 275 g/mol. The van der Waals surface area contributed by atoms with Crippen LogP contribution in [0.5, 0.6) is 0 Å². The van der Waals surface area contributed by atoms with Crippen molar-refractivity contribution in [2.75, 3.05) is 31.3 Å². The minimum atomic E-state index is 0.470. The molecule has 0 spiro atoms. The fourth-order valence-corrected chi connectivity index (χ4v) is 2.31. The Bertz CT molecular complexity index is 589. The second-order valence-electron chi connectivity index (χ2n) is 5.40. The van der Waals surface area contributed by atoms with E-state index >= 15 is 0 Å². The number of nitrogens with zero attached hydrogens (tertiary/aromatic N) is 4. The Morgan fingerprint density at radius 3 is 2.95 bits per heavy atom. The quantitative estimate of drug-likeness (QED) is 0.737. The van der Waals surface area contributed by atoms with Gasteiger partial charge in [0.05, 0.1) is 11.6 Å². The van der Waals surface area contributed by atoms with Crippen LogP contribution in [0.4, 0.5) is 11.8 Å². The highest BCUT2D eigenvalue weighted by Crippen LogP contribution is 2.27. The van der Waals surface area contributed by atoms with Gasteiger partial charge in [-0.2, -0.15) is 15.1 Å². The van der Waals surface area contributed by atoms with Gasteiger partial charge in [-0.25, -0.2) is 0 Å². The monoisotopic (exact) mass is 275 g/mol. The molecular weight excluding hydrogens is 254 g/mol. The molecule has 0 aromatic carbocycles. The fourth-order valence-electron chi connectivity index (χ4n) is 2.31. The van der Waals surface area contributed by atoms with Crippen molar-refractivity contribution < 1.29 is 0 Å². The maximum absolute atomic E-state index is 4.47. The van der Waals surface area contributed by atoms with Gasteiger partial charge in [0.1, 0.15) is 5.82 Å². The molecule has 20 heavy (non-hydrogen) atoms. The number of anilines is 2. The normalized spacial score (nSPS) is 16.6. The Labute approximate surface area is 118 Å². The Morgan fingerprint density at radius 2 is 2.25 bits per heavy atom. The van der Waals surface area contributed by atoms with E-state index in [0.29, 0.717) is 12.0 Å². The highest BCUT2D eigenvalue weighted by molar-refractivity contribution is 5.86. The van der Waals surface area contributed by atoms with Gasteiger partial charge in [-0.05, 0) is 26.8 Å². The Balaban J connectivity index is 1.74. The van der Waals surface area contributed by atoms with Gasteiger partial charge in [-0.3, -0.25) is 10.00 Å². The summed E-state index contributed by atoms with van der Waals surface area (Å²) in [6, 6.07) is 1.23. The third-order valence-corrected chi connectivity index (χ3v) is 3.92. The van der Waals surface area contributed by atoms with Crippen LogP contribution in [-0.4, -0.2) is 57.8 Å². The minimum absolute atomic E-state index is 0.470. The molecule has 1 unspecified atom stereocenters. The predicted octanol–water partition coefficient (Wildman–Crippen LogP) is 1.29. The summed E-state index contributed by atoms with van der Waals surface area (Å²) in [6.07, 6.45) is 4.40. The number of nitrogens with one attached hydrogen (secondary N) is 3. The summed E-state index contributed by atoms with van der Waals surface area (Å²) in [7, 11) is 4.00. The first-order valence-corrected chi connectivity index (χ1v) is 7.03.